The van der Waals surface area contributed by atoms with Crippen molar-refractivity contribution in [3.63, 3.8) is 0 Å². The van der Waals surface area contributed by atoms with Gasteiger partial charge in [-0.05, 0) is 48.9 Å². The van der Waals surface area contributed by atoms with E-state index in [9.17, 15) is 4.79 Å². The number of halogens is 1. The van der Waals surface area contributed by atoms with Crippen LogP contribution in [0, 0.1) is 0 Å². The third-order valence-electron chi connectivity index (χ3n) is 4.65. The van der Waals surface area contributed by atoms with Crippen molar-refractivity contribution in [1.29, 1.82) is 0 Å². The molecule has 1 aliphatic rings. The smallest absolute Gasteiger partial charge is 0.243 e. The van der Waals surface area contributed by atoms with Gasteiger partial charge in [0.05, 0.1) is 10.7 Å². The van der Waals surface area contributed by atoms with Crippen molar-refractivity contribution < 1.29 is 4.79 Å². The molecule has 0 saturated carbocycles. The summed E-state index contributed by atoms with van der Waals surface area (Å²) in [5, 5.41) is 3.75. The number of hydrogen-bond donors (Lipinski definition) is 1. The number of amides is 1. The Kier molecular flexibility index (Phi) is 7.25. The number of rotatable bonds is 7. The second-order valence-corrected chi connectivity index (χ2v) is 6.95. The monoisotopic (exact) mass is 384 g/mol. The standard InChI is InChI=1S/C21H25ClN4O/c22-19-4-1-2-5-20(19)26-16-14-25(15-17-26)13-3-10-24-21(27)7-6-18-8-11-23-12-9-18/h1-2,4-9,11-12H,3,10,13-17H2,(H,24,27). The van der Waals surface area contributed by atoms with Crippen LogP contribution < -0.4 is 10.2 Å². The van der Waals surface area contributed by atoms with Crippen molar-refractivity contribution in [2.75, 3.05) is 44.2 Å². The van der Waals surface area contributed by atoms with Gasteiger partial charge in [0.2, 0.25) is 5.91 Å². The predicted octanol–water partition coefficient (Wildman–Crippen LogP) is 3.08. The van der Waals surface area contributed by atoms with Crippen molar-refractivity contribution in [3.05, 3.63) is 65.5 Å². The highest BCUT2D eigenvalue weighted by Crippen LogP contribution is 2.25. The first-order chi connectivity index (χ1) is 13.2. The van der Waals surface area contributed by atoms with E-state index in [-0.39, 0.29) is 5.91 Å². The molecule has 1 amide bonds. The Labute approximate surface area is 165 Å². The van der Waals surface area contributed by atoms with Gasteiger partial charge in [0.25, 0.3) is 0 Å². The second kappa shape index (κ2) is 10.1. The van der Waals surface area contributed by atoms with Gasteiger partial charge in [-0.25, -0.2) is 0 Å². The third kappa shape index (κ3) is 6.08. The molecule has 0 spiro atoms. The van der Waals surface area contributed by atoms with Gasteiger partial charge < -0.3 is 10.2 Å². The van der Waals surface area contributed by atoms with Crippen LogP contribution in [0.4, 0.5) is 5.69 Å². The summed E-state index contributed by atoms with van der Waals surface area (Å²) in [6.07, 6.45) is 7.73. The number of nitrogens with one attached hydrogen (secondary N) is 1. The number of carbonyl (C=O) groups is 1. The lowest BCUT2D eigenvalue weighted by molar-refractivity contribution is -0.116. The molecule has 2 aromatic rings. The normalized spacial score (nSPS) is 15.2. The van der Waals surface area contributed by atoms with E-state index in [0.717, 1.165) is 55.4 Å². The molecule has 27 heavy (non-hydrogen) atoms. The average molecular weight is 385 g/mol. The Bertz CT molecular complexity index is 758. The zero-order chi connectivity index (χ0) is 18.9. The maximum absolute atomic E-state index is 11.9. The number of aromatic nitrogens is 1. The van der Waals surface area contributed by atoms with Crippen LogP contribution >= 0.6 is 11.6 Å². The Morgan fingerprint density at radius 3 is 2.59 bits per heavy atom. The molecule has 0 atom stereocenters. The van der Waals surface area contributed by atoms with Gasteiger partial charge in [0.1, 0.15) is 0 Å². The van der Waals surface area contributed by atoms with E-state index in [4.69, 9.17) is 11.6 Å². The summed E-state index contributed by atoms with van der Waals surface area (Å²) in [6, 6.07) is 11.7. The summed E-state index contributed by atoms with van der Waals surface area (Å²) in [4.78, 5) is 20.6. The van der Waals surface area contributed by atoms with Crippen LogP contribution in [0.1, 0.15) is 12.0 Å². The largest absolute Gasteiger partial charge is 0.368 e. The van der Waals surface area contributed by atoms with Crippen LogP contribution in [0.2, 0.25) is 5.02 Å². The highest BCUT2D eigenvalue weighted by molar-refractivity contribution is 6.33. The predicted molar refractivity (Wildman–Crippen MR) is 111 cm³/mol. The van der Waals surface area contributed by atoms with Crippen molar-refractivity contribution in [2.45, 2.75) is 6.42 Å². The van der Waals surface area contributed by atoms with Crippen molar-refractivity contribution in [3.8, 4) is 0 Å². The second-order valence-electron chi connectivity index (χ2n) is 6.54. The van der Waals surface area contributed by atoms with E-state index in [2.05, 4.69) is 26.2 Å². The number of carbonyl (C=O) groups excluding carboxylic acids is 1. The molecule has 1 saturated heterocycles. The minimum Gasteiger partial charge on any atom is -0.368 e. The topological polar surface area (TPSA) is 48.5 Å². The molecule has 3 rings (SSSR count). The molecule has 0 radical (unpaired) electrons. The molecular weight excluding hydrogens is 360 g/mol. The van der Waals surface area contributed by atoms with Crippen molar-refractivity contribution in [2.24, 2.45) is 0 Å². The van der Waals surface area contributed by atoms with E-state index in [1.165, 1.54) is 0 Å². The highest BCUT2D eigenvalue weighted by atomic mass is 35.5. The molecule has 0 bridgehead atoms. The Morgan fingerprint density at radius 1 is 1.11 bits per heavy atom. The maximum atomic E-state index is 11.9. The summed E-state index contributed by atoms with van der Waals surface area (Å²) in [5.41, 5.74) is 2.09. The first-order valence-electron chi connectivity index (χ1n) is 9.30. The zero-order valence-corrected chi connectivity index (χ0v) is 16.1. The van der Waals surface area contributed by atoms with Gasteiger partial charge in [-0.3, -0.25) is 14.7 Å². The quantitative estimate of drug-likeness (QED) is 0.588. The molecule has 6 heteroatoms. The van der Waals surface area contributed by atoms with E-state index >= 15 is 0 Å². The molecule has 1 fully saturated rings. The summed E-state index contributed by atoms with van der Waals surface area (Å²) < 4.78 is 0. The molecule has 1 aliphatic heterocycles. The molecule has 0 unspecified atom stereocenters. The molecule has 1 aromatic heterocycles. The van der Waals surface area contributed by atoms with Crippen LogP contribution in [0.3, 0.4) is 0 Å². The van der Waals surface area contributed by atoms with E-state index in [1.54, 1.807) is 24.5 Å². The lowest BCUT2D eigenvalue weighted by atomic mass is 10.2. The van der Waals surface area contributed by atoms with Crippen LogP contribution in [0.15, 0.2) is 54.9 Å². The van der Waals surface area contributed by atoms with Crippen molar-refractivity contribution >= 4 is 29.3 Å². The van der Waals surface area contributed by atoms with Gasteiger partial charge in [-0.1, -0.05) is 23.7 Å². The molecule has 2 heterocycles. The SMILES string of the molecule is O=C(C=Cc1ccncc1)NCCCN1CCN(c2ccccc2Cl)CC1. The van der Waals surface area contributed by atoms with Crippen molar-refractivity contribution in [1.82, 2.24) is 15.2 Å². The number of pyridine rings is 1. The lowest BCUT2D eigenvalue weighted by Crippen LogP contribution is -2.47. The lowest BCUT2D eigenvalue weighted by Gasteiger charge is -2.36. The number of benzene rings is 1. The van der Waals surface area contributed by atoms with Gasteiger partial charge in [-0.15, -0.1) is 0 Å². The number of piperazine rings is 1. The van der Waals surface area contributed by atoms with Gasteiger partial charge >= 0.3 is 0 Å². The molecular formula is C21H25ClN4O. The number of para-hydroxylation sites is 1. The van der Waals surface area contributed by atoms with E-state index in [1.807, 2.05) is 30.3 Å². The Morgan fingerprint density at radius 2 is 1.85 bits per heavy atom. The van der Waals surface area contributed by atoms with Gasteiger partial charge in [0.15, 0.2) is 0 Å². The van der Waals surface area contributed by atoms with E-state index in [0.29, 0.717) is 6.54 Å². The van der Waals surface area contributed by atoms with E-state index < -0.39 is 0 Å². The van der Waals surface area contributed by atoms with Gasteiger partial charge in [0, 0.05) is 51.2 Å². The number of hydrogen-bond acceptors (Lipinski definition) is 4. The molecule has 0 aliphatic carbocycles. The maximum Gasteiger partial charge on any atom is 0.243 e. The number of nitrogens with zero attached hydrogens (tertiary/aromatic N) is 3. The minimum absolute atomic E-state index is 0.0599. The fraction of sp³-hybridized carbons (Fsp3) is 0.333. The summed E-state index contributed by atoms with van der Waals surface area (Å²) >= 11 is 6.29. The fourth-order valence-corrected chi connectivity index (χ4v) is 3.40. The molecule has 142 valence electrons. The van der Waals surface area contributed by atoms with Crippen LogP contribution in [0.25, 0.3) is 6.08 Å². The minimum atomic E-state index is -0.0599. The van der Waals surface area contributed by atoms with Gasteiger partial charge in [-0.2, -0.15) is 0 Å². The highest BCUT2D eigenvalue weighted by Gasteiger charge is 2.18. The summed E-state index contributed by atoms with van der Waals surface area (Å²) in [6.45, 7) is 5.66. The molecule has 1 N–H and O–H groups in total. The summed E-state index contributed by atoms with van der Waals surface area (Å²) in [7, 11) is 0. The van der Waals surface area contributed by atoms with Crippen LogP contribution in [-0.2, 0) is 4.79 Å². The first kappa shape index (κ1) is 19.4. The fourth-order valence-electron chi connectivity index (χ4n) is 3.14. The molecule has 5 nitrogen and oxygen atoms in total. The van der Waals surface area contributed by atoms with Crippen LogP contribution in [0.5, 0.6) is 0 Å². The van der Waals surface area contributed by atoms with Crippen LogP contribution in [-0.4, -0.2) is 55.1 Å². The zero-order valence-electron chi connectivity index (χ0n) is 15.4. The summed E-state index contributed by atoms with van der Waals surface area (Å²) in [5.74, 6) is -0.0599. The third-order valence-corrected chi connectivity index (χ3v) is 4.97. The Hall–Kier alpha value is -2.37. The number of anilines is 1. The molecule has 1 aromatic carbocycles. The Balaban J connectivity index is 1.32. The first-order valence-corrected chi connectivity index (χ1v) is 9.68. The average Bonchev–Trinajstić information content (AvgIpc) is 2.71.